The van der Waals surface area contributed by atoms with Crippen LogP contribution in [0, 0.1) is 0 Å². The number of piperidine rings is 1. The Labute approximate surface area is 172 Å². The van der Waals surface area contributed by atoms with Gasteiger partial charge in [-0.15, -0.1) is 16.4 Å². The third kappa shape index (κ3) is 3.92. The first-order valence-corrected chi connectivity index (χ1v) is 11.8. The summed E-state index contributed by atoms with van der Waals surface area (Å²) in [5.74, 6) is 1.03. The zero-order valence-electron chi connectivity index (χ0n) is 15.5. The van der Waals surface area contributed by atoms with Gasteiger partial charge in [-0.25, -0.2) is 4.39 Å². The Morgan fingerprint density at radius 3 is 3.15 bits per heavy atom. The fraction of sp³-hybridized carbons (Fsp3) is 0.667. The molecule has 2 aliphatic rings. The summed E-state index contributed by atoms with van der Waals surface area (Å²) < 4.78 is 22.9. The van der Waals surface area contributed by atoms with E-state index in [9.17, 15) is 4.39 Å². The van der Waals surface area contributed by atoms with E-state index >= 15 is 0 Å². The quantitative estimate of drug-likeness (QED) is 0.708. The summed E-state index contributed by atoms with van der Waals surface area (Å²) in [5, 5.41) is 8.53. The van der Waals surface area contributed by atoms with Gasteiger partial charge in [0.25, 0.3) is 0 Å². The molecule has 3 atom stereocenters. The molecule has 0 bridgehead atoms. The van der Waals surface area contributed by atoms with Crippen LogP contribution in [0.4, 0.5) is 4.39 Å². The molecular weight excluding hydrogens is 407 g/mol. The second-order valence-corrected chi connectivity index (χ2v) is 10.0. The van der Waals surface area contributed by atoms with Gasteiger partial charge in [0.2, 0.25) is 0 Å². The van der Waals surface area contributed by atoms with Crippen molar-refractivity contribution in [2.45, 2.75) is 50.7 Å². The Balaban J connectivity index is 1.45. The summed E-state index contributed by atoms with van der Waals surface area (Å²) in [5.41, 5.74) is 1.32. The van der Waals surface area contributed by atoms with Gasteiger partial charge < -0.3 is 4.74 Å². The lowest BCUT2D eigenvalue weighted by atomic mass is 9.82. The van der Waals surface area contributed by atoms with Crippen molar-refractivity contribution in [2.75, 3.05) is 25.2 Å². The normalized spacial score (nSPS) is 28.6. The number of aryl methyl sites for hydroxylation is 1. The molecule has 2 unspecified atom stereocenters. The van der Waals surface area contributed by atoms with Crippen LogP contribution in [-0.2, 0) is 23.4 Å². The average molecular weight is 431 g/mol. The summed E-state index contributed by atoms with van der Waals surface area (Å²) in [6.07, 6.45) is 4.74. The number of nitrogens with zero attached hydrogens (tertiary/aromatic N) is 4. The van der Waals surface area contributed by atoms with Crippen molar-refractivity contribution >= 4 is 34.7 Å². The van der Waals surface area contributed by atoms with E-state index in [1.807, 2.05) is 10.9 Å². The predicted molar refractivity (Wildman–Crippen MR) is 108 cm³/mol. The molecule has 4 rings (SSSR count). The second-order valence-electron chi connectivity index (χ2n) is 7.35. The summed E-state index contributed by atoms with van der Waals surface area (Å²) >= 11 is 9.47. The van der Waals surface area contributed by atoms with Gasteiger partial charge in [0.05, 0.1) is 23.2 Å². The smallest absolute Gasteiger partial charge is 0.150 e. The third-order valence-corrected chi connectivity index (χ3v) is 7.57. The lowest BCUT2D eigenvalue weighted by Crippen LogP contribution is -2.50. The molecule has 1 spiro atoms. The number of alkyl halides is 1. The van der Waals surface area contributed by atoms with Gasteiger partial charge in [0, 0.05) is 41.5 Å². The van der Waals surface area contributed by atoms with Gasteiger partial charge in [-0.3, -0.25) is 9.58 Å². The van der Waals surface area contributed by atoms with E-state index in [0.29, 0.717) is 10.4 Å². The number of hydrogen-bond acceptors (Lipinski definition) is 6. The highest BCUT2D eigenvalue weighted by Crippen LogP contribution is 2.51. The van der Waals surface area contributed by atoms with Crippen LogP contribution < -0.4 is 0 Å². The van der Waals surface area contributed by atoms with E-state index in [1.165, 1.54) is 11.3 Å². The van der Waals surface area contributed by atoms with Crippen LogP contribution in [0.3, 0.4) is 0 Å². The van der Waals surface area contributed by atoms with E-state index in [1.54, 1.807) is 17.8 Å². The minimum Gasteiger partial charge on any atom is -0.366 e. The molecule has 27 heavy (non-hydrogen) atoms. The van der Waals surface area contributed by atoms with Crippen LogP contribution >= 0.6 is 34.7 Å². The number of halogens is 2. The monoisotopic (exact) mass is 430 g/mol. The van der Waals surface area contributed by atoms with Crippen LogP contribution in [0.2, 0.25) is 4.34 Å². The van der Waals surface area contributed by atoms with Gasteiger partial charge >= 0.3 is 0 Å². The highest BCUT2D eigenvalue weighted by Gasteiger charge is 2.47. The molecule has 2 aliphatic heterocycles. The predicted octanol–water partition coefficient (Wildman–Crippen LogP) is 4.28. The van der Waals surface area contributed by atoms with Crippen molar-refractivity contribution in [1.82, 2.24) is 19.9 Å². The molecule has 1 saturated heterocycles. The molecule has 1 fully saturated rings. The Kier molecular flexibility index (Phi) is 5.81. The molecule has 0 N–H and O–H groups in total. The first-order chi connectivity index (χ1) is 13.0. The fourth-order valence-corrected chi connectivity index (χ4v) is 5.92. The fourth-order valence-electron chi connectivity index (χ4n) is 4.09. The third-order valence-electron chi connectivity index (χ3n) is 5.52. The van der Waals surface area contributed by atoms with Gasteiger partial charge in [0.1, 0.15) is 11.8 Å². The number of thiophene rings is 1. The number of thioether (sulfide) groups is 1. The standard InChI is InChI=1S/C18H24ClFN4OS2/c1-12-8-18(17-14(7-16(19)27-17)15(20)11-25-18)3-4-23(12)9-13-10-24(22-21-13)5-6-26-2/h7,10,12,15H,3-6,8-9,11H2,1-2H3/t12-,15?,18?/m0/s1. The molecule has 0 radical (unpaired) electrons. The van der Waals surface area contributed by atoms with Crippen LogP contribution in [0.5, 0.6) is 0 Å². The largest absolute Gasteiger partial charge is 0.366 e. The molecule has 9 heteroatoms. The van der Waals surface area contributed by atoms with Crippen molar-refractivity contribution in [3.8, 4) is 0 Å². The molecule has 4 heterocycles. The summed E-state index contributed by atoms with van der Waals surface area (Å²) in [6, 6.07) is 2.08. The van der Waals surface area contributed by atoms with Gasteiger partial charge in [-0.05, 0) is 32.1 Å². The Morgan fingerprint density at radius 2 is 2.37 bits per heavy atom. The first-order valence-electron chi connectivity index (χ1n) is 9.20. The molecule has 0 aliphatic carbocycles. The summed E-state index contributed by atoms with van der Waals surface area (Å²) in [7, 11) is 0. The van der Waals surface area contributed by atoms with E-state index in [4.69, 9.17) is 16.3 Å². The Hall–Kier alpha value is -0.670. The van der Waals surface area contributed by atoms with Crippen LogP contribution in [0.1, 0.15) is 42.1 Å². The van der Waals surface area contributed by atoms with Crippen LogP contribution in [-0.4, -0.2) is 51.1 Å². The van der Waals surface area contributed by atoms with Crippen molar-refractivity contribution in [2.24, 2.45) is 0 Å². The number of rotatable bonds is 5. The summed E-state index contributed by atoms with van der Waals surface area (Å²) in [6.45, 7) is 4.87. The zero-order valence-corrected chi connectivity index (χ0v) is 17.9. The lowest BCUT2D eigenvalue weighted by Gasteiger charge is -2.47. The van der Waals surface area contributed by atoms with Gasteiger partial charge in [-0.1, -0.05) is 16.8 Å². The molecular formula is C18H24ClFN4OS2. The molecule has 5 nitrogen and oxygen atoms in total. The number of fused-ring (bicyclic) bond motifs is 2. The Morgan fingerprint density at radius 1 is 1.52 bits per heavy atom. The molecule has 0 amide bonds. The van der Waals surface area contributed by atoms with E-state index < -0.39 is 11.8 Å². The second kappa shape index (κ2) is 7.99. The molecule has 0 saturated carbocycles. The van der Waals surface area contributed by atoms with Gasteiger partial charge in [-0.2, -0.15) is 11.8 Å². The summed E-state index contributed by atoms with van der Waals surface area (Å²) in [4.78, 5) is 3.40. The maximum Gasteiger partial charge on any atom is 0.150 e. The minimum atomic E-state index is -1.07. The number of likely N-dealkylation sites (tertiary alicyclic amines) is 1. The molecule has 148 valence electrons. The Bertz CT molecular complexity index is 800. The maximum atomic E-state index is 14.3. The van der Waals surface area contributed by atoms with Crippen LogP contribution in [0.25, 0.3) is 0 Å². The van der Waals surface area contributed by atoms with E-state index in [-0.39, 0.29) is 6.61 Å². The van der Waals surface area contributed by atoms with Crippen molar-refractivity contribution in [1.29, 1.82) is 0 Å². The van der Waals surface area contributed by atoms with E-state index in [0.717, 1.165) is 54.4 Å². The molecule has 2 aromatic rings. The number of aromatic nitrogens is 3. The van der Waals surface area contributed by atoms with Gasteiger partial charge in [0.15, 0.2) is 0 Å². The number of hydrogen-bond donors (Lipinski definition) is 0. The average Bonchev–Trinajstić information content (AvgIpc) is 3.26. The SMILES string of the molecule is CSCCn1cc(CN2CCC3(C[C@@H]2C)OCC(F)c2cc(Cl)sc23)nn1. The molecule has 0 aromatic carbocycles. The lowest BCUT2D eigenvalue weighted by molar-refractivity contribution is -0.128. The van der Waals surface area contributed by atoms with Crippen molar-refractivity contribution in [3.05, 3.63) is 32.7 Å². The van der Waals surface area contributed by atoms with Crippen molar-refractivity contribution in [3.63, 3.8) is 0 Å². The number of ether oxygens (including phenoxy) is 1. The highest BCUT2D eigenvalue weighted by molar-refractivity contribution is 7.98. The zero-order chi connectivity index (χ0) is 19.0. The maximum absolute atomic E-state index is 14.3. The van der Waals surface area contributed by atoms with Crippen molar-refractivity contribution < 1.29 is 9.13 Å². The van der Waals surface area contributed by atoms with Crippen LogP contribution in [0.15, 0.2) is 12.3 Å². The van der Waals surface area contributed by atoms with E-state index in [2.05, 4.69) is 28.4 Å². The highest BCUT2D eigenvalue weighted by atomic mass is 35.5. The topological polar surface area (TPSA) is 43.2 Å². The minimum absolute atomic E-state index is 0.122. The first kappa shape index (κ1) is 19.6. The molecule has 2 aromatic heterocycles.